The first-order valence-electron chi connectivity index (χ1n) is 2.15. The summed E-state index contributed by atoms with van der Waals surface area (Å²) < 4.78 is 28.5. The number of hydrogen-bond donors (Lipinski definition) is 3. The summed E-state index contributed by atoms with van der Waals surface area (Å²) in [6.07, 6.45) is -0.272. The average molecular weight is 177 g/mol. The molecule has 1 radical (unpaired) electrons. The Kier molecular flexibility index (Phi) is 5.38. The normalized spacial score (nSPS) is 12.4. The van der Waals surface area contributed by atoms with Gasteiger partial charge in [0.15, 0.2) is 4.99 Å². The maximum absolute atomic E-state index is 10.1. The van der Waals surface area contributed by atoms with E-state index in [0.717, 1.165) is 0 Å². The Morgan fingerprint density at radius 1 is 1.50 bits per heavy atom. The van der Waals surface area contributed by atoms with Gasteiger partial charge in [0, 0.05) is 0 Å². The Bertz CT molecular complexity index is 188. The molecule has 0 aromatic carbocycles. The first-order valence-corrected chi connectivity index (χ1v) is 3.59. The summed E-state index contributed by atoms with van der Waals surface area (Å²) in [5.74, 6) is 0. The summed E-state index contributed by atoms with van der Waals surface area (Å²) in [5, 5.41) is 0. The van der Waals surface area contributed by atoms with Crippen LogP contribution in [0.2, 0.25) is 0 Å². The van der Waals surface area contributed by atoms with Crippen molar-refractivity contribution >= 4 is 39.7 Å². The number of hydrogen-bond acceptors (Lipinski definition) is 4. The van der Waals surface area contributed by atoms with Crippen LogP contribution in [0.3, 0.4) is 0 Å². The van der Waals surface area contributed by atoms with Gasteiger partial charge in [-0.2, -0.15) is 8.42 Å². The molecule has 0 atom stereocenters. The molecule has 0 aliphatic rings. The van der Waals surface area contributed by atoms with E-state index in [1.165, 1.54) is 0 Å². The van der Waals surface area contributed by atoms with Gasteiger partial charge in [-0.05, 0) is 13.3 Å². The zero-order valence-corrected chi connectivity index (χ0v) is 5.56. The van der Waals surface area contributed by atoms with Crippen molar-refractivity contribution in [2.24, 2.45) is 11.5 Å². The average Bonchev–Trinajstić information content (AvgIpc) is 1.64. The molecule has 5 N–H and O–H groups in total. The molecule has 5 nitrogen and oxygen atoms in total. The van der Waals surface area contributed by atoms with Crippen LogP contribution in [0, 0.1) is 6.92 Å². The Balaban J connectivity index is 0. The SMILES string of the molecule is [CH2]CC(N)(N)S(=O)(=O)O.[NaH]. The predicted octanol–water partition coefficient (Wildman–Crippen LogP) is -1.98. The van der Waals surface area contributed by atoms with E-state index in [1.807, 2.05) is 0 Å². The molecule has 0 aliphatic heterocycles. The van der Waals surface area contributed by atoms with Crippen LogP contribution in [0.25, 0.3) is 0 Å². The van der Waals surface area contributed by atoms with Crippen LogP contribution < -0.4 is 11.5 Å². The molecular formula is C3H10N2NaO3S. The van der Waals surface area contributed by atoms with Gasteiger partial charge in [0.25, 0.3) is 10.1 Å². The molecule has 57 valence electrons. The predicted molar refractivity (Wildman–Crippen MR) is 39.8 cm³/mol. The van der Waals surface area contributed by atoms with Crippen LogP contribution in [-0.2, 0) is 10.1 Å². The Morgan fingerprint density at radius 3 is 1.80 bits per heavy atom. The van der Waals surface area contributed by atoms with E-state index in [-0.39, 0.29) is 36.0 Å². The molecule has 7 heteroatoms. The molecule has 0 heterocycles. The van der Waals surface area contributed by atoms with Crippen molar-refractivity contribution < 1.29 is 13.0 Å². The topological polar surface area (TPSA) is 106 Å². The molecule has 0 saturated carbocycles. The molecule has 0 aromatic heterocycles. The van der Waals surface area contributed by atoms with E-state index in [2.05, 4.69) is 6.92 Å². The van der Waals surface area contributed by atoms with Gasteiger partial charge < -0.3 is 0 Å². The summed E-state index contributed by atoms with van der Waals surface area (Å²) in [6.45, 7) is 3.13. The number of rotatable bonds is 2. The third-order valence-electron chi connectivity index (χ3n) is 0.871. The molecule has 0 aliphatic carbocycles. The van der Waals surface area contributed by atoms with Crippen LogP contribution in [0.15, 0.2) is 0 Å². The summed E-state index contributed by atoms with van der Waals surface area (Å²) in [6, 6.07) is 0. The third kappa shape index (κ3) is 3.29. The molecule has 10 heavy (non-hydrogen) atoms. The first kappa shape index (κ1) is 13.4. The standard InChI is InChI=1S/C3H9N2O3S.Na.H/c1-2-3(4,5)9(6,7)8;;/h1-2,4-5H2,(H,6,7,8);;. The first-order chi connectivity index (χ1) is 3.81. The van der Waals surface area contributed by atoms with E-state index in [9.17, 15) is 8.42 Å². The molecule has 0 saturated heterocycles. The van der Waals surface area contributed by atoms with Crippen molar-refractivity contribution in [1.29, 1.82) is 0 Å². The van der Waals surface area contributed by atoms with Gasteiger partial charge >= 0.3 is 29.6 Å². The van der Waals surface area contributed by atoms with Crippen LogP contribution in [0.5, 0.6) is 0 Å². The molecule has 0 unspecified atom stereocenters. The van der Waals surface area contributed by atoms with E-state index in [4.69, 9.17) is 16.0 Å². The van der Waals surface area contributed by atoms with Gasteiger partial charge in [0.1, 0.15) is 0 Å². The van der Waals surface area contributed by atoms with Gasteiger partial charge in [-0.3, -0.25) is 16.0 Å². The van der Waals surface area contributed by atoms with E-state index in [1.54, 1.807) is 0 Å². The zero-order valence-electron chi connectivity index (χ0n) is 4.74. The molecule has 0 spiro atoms. The van der Waals surface area contributed by atoms with Crippen molar-refractivity contribution in [3.8, 4) is 0 Å². The fraction of sp³-hybridized carbons (Fsp3) is 0.667. The van der Waals surface area contributed by atoms with Gasteiger partial charge in [-0.15, -0.1) is 0 Å². The monoisotopic (exact) mass is 177 g/mol. The Labute approximate surface area is 82.2 Å². The van der Waals surface area contributed by atoms with Crippen molar-refractivity contribution in [3.63, 3.8) is 0 Å². The molecule has 0 amide bonds. The van der Waals surface area contributed by atoms with E-state index >= 15 is 0 Å². The summed E-state index contributed by atoms with van der Waals surface area (Å²) >= 11 is 0. The van der Waals surface area contributed by atoms with Crippen molar-refractivity contribution in [1.82, 2.24) is 0 Å². The zero-order chi connectivity index (χ0) is 7.71. The van der Waals surface area contributed by atoms with Crippen LogP contribution in [0.1, 0.15) is 6.42 Å². The van der Waals surface area contributed by atoms with Gasteiger partial charge in [-0.1, -0.05) is 0 Å². The van der Waals surface area contributed by atoms with Crippen LogP contribution >= 0.6 is 0 Å². The second-order valence-corrected chi connectivity index (χ2v) is 3.39. The van der Waals surface area contributed by atoms with Crippen molar-refractivity contribution in [2.45, 2.75) is 11.4 Å². The Morgan fingerprint density at radius 2 is 1.80 bits per heavy atom. The molecule has 0 fully saturated rings. The van der Waals surface area contributed by atoms with Gasteiger partial charge in [-0.25, -0.2) is 0 Å². The quantitative estimate of drug-likeness (QED) is 0.257. The minimum atomic E-state index is -4.36. The second-order valence-electron chi connectivity index (χ2n) is 1.68. The van der Waals surface area contributed by atoms with Gasteiger partial charge in [0.2, 0.25) is 0 Å². The molecule has 0 bridgehead atoms. The molecular weight excluding hydrogens is 167 g/mol. The minimum absolute atomic E-state index is 0. The van der Waals surface area contributed by atoms with Crippen LogP contribution in [0.4, 0.5) is 0 Å². The van der Waals surface area contributed by atoms with Crippen molar-refractivity contribution in [3.05, 3.63) is 6.92 Å². The van der Waals surface area contributed by atoms with Gasteiger partial charge in [0.05, 0.1) is 0 Å². The summed E-state index contributed by atoms with van der Waals surface area (Å²) in [7, 11) is -4.36. The second kappa shape index (κ2) is 4.01. The van der Waals surface area contributed by atoms with Crippen LogP contribution in [-0.4, -0.2) is 47.5 Å². The molecule has 0 aromatic rings. The summed E-state index contributed by atoms with van der Waals surface area (Å²) in [5.41, 5.74) is 9.74. The Hall–Kier alpha value is 0.830. The fourth-order valence-corrected chi connectivity index (χ4v) is 0.387. The summed E-state index contributed by atoms with van der Waals surface area (Å²) in [4.78, 5) is -2.10. The maximum atomic E-state index is 10.1. The van der Waals surface area contributed by atoms with E-state index in [0.29, 0.717) is 0 Å². The fourth-order valence-electron chi connectivity index (χ4n) is 0.129. The van der Waals surface area contributed by atoms with Crippen molar-refractivity contribution in [2.75, 3.05) is 0 Å². The molecule has 0 rings (SSSR count). The third-order valence-corrected chi connectivity index (χ3v) is 2.04. The number of nitrogens with two attached hydrogens (primary N) is 2. The van der Waals surface area contributed by atoms with E-state index < -0.39 is 15.1 Å².